The molecule has 2 heterocycles. The summed E-state index contributed by atoms with van der Waals surface area (Å²) in [4.78, 5) is 15.6. The summed E-state index contributed by atoms with van der Waals surface area (Å²) in [5.74, 6) is -0.310. The molecule has 1 aromatic carbocycles. The van der Waals surface area contributed by atoms with Crippen molar-refractivity contribution in [2.45, 2.75) is 17.7 Å². The van der Waals surface area contributed by atoms with E-state index in [0.29, 0.717) is 18.7 Å². The lowest BCUT2D eigenvalue weighted by molar-refractivity contribution is 0.1000. The van der Waals surface area contributed by atoms with Crippen LogP contribution in [0.3, 0.4) is 0 Å². The fourth-order valence-corrected chi connectivity index (χ4v) is 4.47. The van der Waals surface area contributed by atoms with Crippen molar-refractivity contribution in [1.82, 2.24) is 9.29 Å². The van der Waals surface area contributed by atoms with E-state index in [0.717, 1.165) is 18.5 Å². The Bertz CT molecular complexity index is 820. The molecule has 1 unspecified atom stereocenters. The molecule has 2 aromatic rings. The number of aromatic nitrogens is 1. The molecular weight excluding hydrogens is 326 g/mol. The maximum atomic E-state index is 12.7. The van der Waals surface area contributed by atoms with Gasteiger partial charge in [0.25, 0.3) is 0 Å². The van der Waals surface area contributed by atoms with Crippen molar-refractivity contribution in [3.05, 3.63) is 59.9 Å². The van der Waals surface area contributed by atoms with Crippen LogP contribution in [0.25, 0.3) is 0 Å². The van der Waals surface area contributed by atoms with E-state index in [1.165, 1.54) is 28.6 Å². The fourth-order valence-electron chi connectivity index (χ4n) is 2.94. The van der Waals surface area contributed by atoms with Gasteiger partial charge >= 0.3 is 0 Å². The standard InChI is InChI=1S/C17H19N3O3S/c18-17(21)14-4-6-16(7-5-14)24(22,23)20-10-8-13(12-20)11-15-3-1-2-9-19-15/h1-7,9,13H,8,10-12H2,(H2,18,21). The average Bonchev–Trinajstić information content (AvgIpc) is 3.05. The molecule has 1 saturated heterocycles. The molecule has 3 rings (SSSR count). The van der Waals surface area contributed by atoms with Crippen LogP contribution in [-0.4, -0.2) is 36.7 Å². The van der Waals surface area contributed by atoms with Gasteiger partial charge in [-0.3, -0.25) is 9.78 Å². The van der Waals surface area contributed by atoms with E-state index in [-0.39, 0.29) is 10.8 Å². The number of nitrogens with two attached hydrogens (primary N) is 1. The number of carbonyl (C=O) groups is 1. The van der Waals surface area contributed by atoms with E-state index in [1.807, 2.05) is 18.2 Å². The topological polar surface area (TPSA) is 93.4 Å². The van der Waals surface area contributed by atoms with Crippen molar-refractivity contribution in [2.75, 3.05) is 13.1 Å². The van der Waals surface area contributed by atoms with Gasteiger partial charge in [0.15, 0.2) is 0 Å². The molecular formula is C17H19N3O3S. The summed E-state index contributed by atoms with van der Waals surface area (Å²) in [6.07, 6.45) is 3.34. The van der Waals surface area contributed by atoms with Gasteiger partial charge in [-0.15, -0.1) is 0 Å². The minimum Gasteiger partial charge on any atom is -0.366 e. The van der Waals surface area contributed by atoms with E-state index in [2.05, 4.69) is 4.98 Å². The predicted octanol–water partition coefficient (Wildman–Crippen LogP) is 1.43. The van der Waals surface area contributed by atoms with E-state index in [1.54, 1.807) is 6.20 Å². The Kier molecular flexibility index (Phi) is 4.64. The highest BCUT2D eigenvalue weighted by Gasteiger charge is 2.32. The summed E-state index contributed by atoms with van der Waals surface area (Å²) in [6.45, 7) is 0.980. The van der Waals surface area contributed by atoms with Gasteiger partial charge in [-0.05, 0) is 55.2 Å². The number of rotatable bonds is 5. The molecule has 0 spiro atoms. The molecule has 24 heavy (non-hydrogen) atoms. The Balaban J connectivity index is 1.71. The summed E-state index contributed by atoms with van der Waals surface area (Å²) in [5, 5.41) is 0. The average molecular weight is 345 g/mol. The molecule has 1 amide bonds. The van der Waals surface area contributed by atoms with E-state index in [4.69, 9.17) is 5.73 Å². The number of sulfonamides is 1. The van der Waals surface area contributed by atoms with Crippen LogP contribution in [0.4, 0.5) is 0 Å². The highest BCUT2D eigenvalue weighted by atomic mass is 32.2. The first-order valence-electron chi connectivity index (χ1n) is 7.77. The molecule has 126 valence electrons. The molecule has 1 aliphatic rings. The molecule has 1 aliphatic heterocycles. The largest absolute Gasteiger partial charge is 0.366 e. The number of primary amides is 1. The number of hydrogen-bond donors (Lipinski definition) is 1. The number of hydrogen-bond acceptors (Lipinski definition) is 4. The third-order valence-electron chi connectivity index (χ3n) is 4.25. The molecule has 1 aromatic heterocycles. The number of benzene rings is 1. The van der Waals surface area contributed by atoms with Gasteiger partial charge in [-0.1, -0.05) is 6.07 Å². The third-order valence-corrected chi connectivity index (χ3v) is 6.13. The lowest BCUT2D eigenvalue weighted by Gasteiger charge is -2.16. The minimum absolute atomic E-state index is 0.186. The molecule has 0 saturated carbocycles. The van der Waals surface area contributed by atoms with Crippen LogP contribution >= 0.6 is 0 Å². The zero-order valence-corrected chi connectivity index (χ0v) is 13.9. The van der Waals surface area contributed by atoms with Gasteiger partial charge in [-0.25, -0.2) is 8.42 Å². The van der Waals surface area contributed by atoms with Crippen molar-refractivity contribution in [3.63, 3.8) is 0 Å². The van der Waals surface area contributed by atoms with E-state index in [9.17, 15) is 13.2 Å². The molecule has 0 aliphatic carbocycles. The van der Waals surface area contributed by atoms with Gasteiger partial charge in [0.1, 0.15) is 0 Å². The van der Waals surface area contributed by atoms with Crippen molar-refractivity contribution in [3.8, 4) is 0 Å². The first kappa shape index (κ1) is 16.6. The number of pyridine rings is 1. The van der Waals surface area contributed by atoms with E-state index >= 15 is 0 Å². The SMILES string of the molecule is NC(=O)c1ccc(S(=O)(=O)N2CCC(Cc3ccccn3)C2)cc1. The van der Waals surface area contributed by atoms with Gasteiger partial charge in [-0.2, -0.15) is 4.31 Å². The monoisotopic (exact) mass is 345 g/mol. The van der Waals surface area contributed by atoms with Crippen LogP contribution in [-0.2, 0) is 16.4 Å². The van der Waals surface area contributed by atoms with Gasteiger partial charge in [0, 0.05) is 30.5 Å². The predicted molar refractivity (Wildman–Crippen MR) is 89.8 cm³/mol. The zero-order chi connectivity index (χ0) is 17.2. The van der Waals surface area contributed by atoms with Crippen LogP contribution in [0.2, 0.25) is 0 Å². The van der Waals surface area contributed by atoms with Crippen molar-refractivity contribution in [1.29, 1.82) is 0 Å². The zero-order valence-electron chi connectivity index (χ0n) is 13.1. The maximum absolute atomic E-state index is 12.7. The van der Waals surface area contributed by atoms with Crippen molar-refractivity contribution in [2.24, 2.45) is 11.7 Å². The molecule has 7 heteroatoms. The van der Waals surface area contributed by atoms with Gasteiger partial charge < -0.3 is 5.73 Å². The number of carbonyl (C=O) groups excluding carboxylic acids is 1. The fraction of sp³-hybridized carbons (Fsp3) is 0.294. The third kappa shape index (κ3) is 3.47. The second-order valence-electron chi connectivity index (χ2n) is 5.93. The summed E-state index contributed by atoms with van der Waals surface area (Å²) in [7, 11) is -3.55. The van der Waals surface area contributed by atoms with Crippen molar-refractivity contribution < 1.29 is 13.2 Å². The molecule has 2 N–H and O–H groups in total. The van der Waals surface area contributed by atoms with Crippen molar-refractivity contribution >= 4 is 15.9 Å². The molecule has 0 radical (unpaired) electrons. The highest BCUT2D eigenvalue weighted by molar-refractivity contribution is 7.89. The summed E-state index contributed by atoms with van der Waals surface area (Å²) in [5.41, 5.74) is 6.46. The first-order chi connectivity index (χ1) is 11.5. The lowest BCUT2D eigenvalue weighted by Crippen LogP contribution is -2.29. The van der Waals surface area contributed by atoms with Gasteiger partial charge in [0.05, 0.1) is 4.90 Å². The second kappa shape index (κ2) is 6.70. The van der Waals surface area contributed by atoms with Crippen LogP contribution in [0, 0.1) is 5.92 Å². The van der Waals surface area contributed by atoms with E-state index < -0.39 is 15.9 Å². The second-order valence-corrected chi connectivity index (χ2v) is 7.87. The molecule has 0 bridgehead atoms. The van der Waals surface area contributed by atoms with Gasteiger partial charge in [0.2, 0.25) is 15.9 Å². The maximum Gasteiger partial charge on any atom is 0.248 e. The Hall–Kier alpha value is -2.25. The normalized spacial score (nSPS) is 18.6. The summed E-state index contributed by atoms with van der Waals surface area (Å²) in [6, 6.07) is 11.5. The summed E-state index contributed by atoms with van der Waals surface area (Å²) >= 11 is 0. The van der Waals surface area contributed by atoms with Crippen LogP contribution in [0.15, 0.2) is 53.6 Å². The van der Waals surface area contributed by atoms with Crippen LogP contribution in [0.1, 0.15) is 22.5 Å². The molecule has 1 atom stereocenters. The Morgan fingerprint density at radius 3 is 2.58 bits per heavy atom. The smallest absolute Gasteiger partial charge is 0.248 e. The first-order valence-corrected chi connectivity index (χ1v) is 9.21. The lowest BCUT2D eigenvalue weighted by atomic mass is 10.0. The number of amides is 1. The number of nitrogens with zero attached hydrogens (tertiary/aromatic N) is 2. The van der Waals surface area contributed by atoms with Crippen LogP contribution in [0.5, 0.6) is 0 Å². The minimum atomic E-state index is -3.55. The summed E-state index contributed by atoms with van der Waals surface area (Å²) < 4.78 is 26.9. The Morgan fingerprint density at radius 1 is 1.21 bits per heavy atom. The molecule has 1 fully saturated rings. The Labute approximate surface area is 141 Å². The quantitative estimate of drug-likeness (QED) is 0.887. The Morgan fingerprint density at radius 2 is 1.96 bits per heavy atom. The highest BCUT2D eigenvalue weighted by Crippen LogP contribution is 2.26. The van der Waals surface area contributed by atoms with Crippen LogP contribution < -0.4 is 5.73 Å². The molecule has 6 nitrogen and oxygen atoms in total.